The van der Waals surface area contributed by atoms with Gasteiger partial charge in [0.05, 0.1) is 17.3 Å². The molecule has 0 aliphatic rings. The number of nitrogens with zero attached hydrogens (tertiary/aromatic N) is 3. The maximum atomic E-state index is 12.7. The molecule has 5 aromatic rings. The molecule has 0 fully saturated rings. The number of rotatable bonds is 6. The van der Waals surface area contributed by atoms with Crippen molar-refractivity contribution in [1.82, 2.24) is 19.7 Å². The summed E-state index contributed by atoms with van der Waals surface area (Å²) in [6.45, 7) is 2.05. The van der Waals surface area contributed by atoms with Crippen LogP contribution in [0.5, 0.6) is 0 Å². The number of nitrogens with one attached hydrogen (secondary N) is 2. The number of aryl methyl sites for hydroxylation is 1. The van der Waals surface area contributed by atoms with Crippen LogP contribution in [0.15, 0.2) is 60.4 Å². The summed E-state index contributed by atoms with van der Waals surface area (Å²) in [5.74, 6) is -0.743. The number of nitrogens with two attached hydrogens (primary N) is 1. The lowest BCUT2D eigenvalue weighted by Crippen LogP contribution is -2.13. The first-order valence-corrected chi connectivity index (χ1v) is 11.6. The number of thiazole rings is 1. The molecule has 3 heterocycles. The highest BCUT2D eigenvalue weighted by Gasteiger charge is 2.19. The predicted octanol–water partition coefficient (Wildman–Crippen LogP) is 4.61. The minimum absolute atomic E-state index is 0.239. The van der Waals surface area contributed by atoms with Gasteiger partial charge in [-0.25, -0.2) is 4.98 Å². The van der Waals surface area contributed by atoms with Crippen LogP contribution < -0.4 is 11.1 Å². The van der Waals surface area contributed by atoms with Gasteiger partial charge in [0.15, 0.2) is 5.01 Å². The molecule has 5 rings (SSSR count). The first-order valence-electron chi connectivity index (χ1n) is 10.7. The van der Waals surface area contributed by atoms with Crippen LogP contribution in [0.2, 0.25) is 0 Å². The van der Waals surface area contributed by atoms with E-state index in [0.717, 1.165) is 39.0 Å². The number of carbonyl (C=O) groups is 2. The molecule has 34 heavy (non-hydrogen) atoms. The topological polar surface area (TPSA) is 119 Å². The van der Waals surface area contributed by atoms with Crippen molar-refractivity contribution in [2.24, 2.45) is 12.8 Å². The predicted molar refractivity (Wildman–Crippen MR) is 134 cm³/mol. The molecule has 0 spiro atoms. The van der Waals surface area contributed by atoms with Crippen molar-refractivity contribution in [3.8, 4) is 22.4 Å². The third kappa shape index (κ3) is 3.75. The molecule has 0 atom stereocenters. The molecule has 170 valence electrons. The van der Waals surface area contributed by atoms with Crippen LogP contribution in [0.3, 0.4) is 0 Å². The zero-order valence-electron chi connectivity index (χ0n) is 18.6. The zero-order chi connectivity index (χ0) is 23.8. The monoisotopic (exact) mass is 470 g/mol. The molecule has 3 aromatic heterocycles. The molecule has 0 bridgehead atoms. The minimum Gasteiger partial charge on any atom is -0.366 e. The number of aromatic nitrogens is 4. The minimum atomic E-state index is -0.503. The highest BCUT2D eigenvalue weighted by Crippen LogP contribution is 2.38. The quantitative estimate of drug-likeness (QED) is 0.336. The largest absolute Gasteiger partial charge is 0.366 e. The van der Waals surface area contributed by atoms with Crippen LogP contribution in [0, 0.1) is 0 Å². The first kappa shape index (κ1) is 21.6. The van der Waals surface area contributed by atoms with Gasteiger partial charge < -0.3 is 16.0 Å². The SMILES string of the molecule is CCc1c(NC(=O)c2nccs2)cccc1-c1ccc(C(N)=O)c2[nH]c(-c3cnn(C)c3)cc12. The fourth-order valence-electron chi connectivity index (χ4n) is 4.22. The van der Waals surface area contributed by atoms with Gasteiger partial charge in [0.2, 0.25) is 0 Å². The Kier molecular flexibility index (Phi) is 5.46. The molecule has 9 heteroatoms. The van der Waals surface area contributed by atoms with E-state index in [1.165, 1.54) is 11.3 Å². The summed E-state index contributed by atoms with van der Waals surface area (Å²) < 4.78 is 1.72. The number of H-pyrrole nitrogens is 1. The van der Waals surface area contributed by atoms with E-state index in [9.17, 15) is 9.59 Å². The summed E-state index contributed by atoms with van der Waals surface area (Å²) in [4.78, 5) is 32.3. The van der Waals surface area contributed by atoms with Gasteiger partial charge >= 0.3 is 0 Å². The summed E-state index contributed by atoms with van der Waals surface area (Å²) in [6.07, 6.45) is 5.98. The van der Waals surface area contributed by atoms with Gasteiger partial charge in [-0.1, -0.05) is 25.1 Å². The molecule has 0 saturated heterocycles. The van der Waals surface area contributed by atoms with Gasteiger partial charge in [-0.3, -0.25) is 14.3 Å². The number of carbonyl (C=O) groups excluding carboxylic acids is 2. The maximum Gasteiger partial charge on any atom is 0.284 e. The van der Waals surface area contributed by atoms with Crippen molar-refractivity contribution >= 4 is 39.7 Å². The highest BCUT2D eigenvalue weighted by atomic mass is 32.1. The van der Waals surface area contributed by atoms with Gasteiger partial charge in [-0.05, 0) is 41.3 Å². The fourth-order valence-corrected chi connectivity index (χ4v) is 4.75. The fraction of sp³-hybridized carbons (Fsp3) is 0.120. The van der Waals surface area contributed by atoms with Crippen molar-refractivity contribution in [1.29, 1.82) is 0 Å². The standard InChI is InChI=1S/C25H22N6O2S/c1-3-15-16(5-4-6-20(15)30-24(33)25-27-9-10-34-25)17-7-8-18(23(26)32)22-19(17)11-21(29-22)14-12-28-31(2)13-14/h4-13,29H,3H2,1-2H3,(H2,26,32)(H,30,33). The molecule has 0 unspecified atom stereocenters. The lowest BCUT2D eigenvalue weighted by molar-refractivity contribution is 0.0998. The summed E-state index contributed by atoms with van der Waals surface area (Å²) in [5.41, 5.74) is 12.1. The van der Waals surface area contributed by atoms with E-state index in [4.69, 9.17) is 5.73 Å². The number of fused-ring (bicyclic) bond motifs is 1. The van der Waals surface area contributed by atoms with Gasteiger partial charge in [-0.2, -0.15) is 5.10 Å². The third-order valence-corrected chi connectivity index (χ3v) is 6.54. The number of primary amides is 1. The van der Waals surface area contributed by atoms with Gasteiger partial charge in [0.25, 0.3) is 11.8 Å². The smallest absolute Gasteiger partial charge is 0.284 e. The van der Waals surface area contributed by atoms with Gasteiger partial charge in [-0.15, -0.1) is 11.3 Å². The van der Waals surface area contributed by atoms with E-state index in [1.807, 2.05) is 50.5 Å². The van der Waals surface area contributed by atoms with E-state index in [-0.39, 0.29) is 5.91 Å². The lowest BCUT2D eigenvalue weighted by Gasteiger charge is -2.15. The molecule has 2 amide bonds. The third-order valence-electron chi connectivity index (χ3n) is 5.77. The van der Waals surface area contributed by atoms with Crippen LogP contribution in [0.25, 0.3) is 33.3 Å². The molecule has 0 radical (unpaired) electrons. The number of amides is 2. The van der Waals surface area contributed by atoms with E-state index >= 15 is 0 Å². The molecule has 0 aliphatic carbocycles. The van der Waals surface area contributed by atoms with Crippen molar-refractivity contribution in [2.45, 2.75) is 13.3 Å². The number of anilines is 1. The Labute approximate surface area is 199 Å². The van der Waals surface area contributed by atoms with E-state index in [2.05, 4.69) is 20.4 Å². The number of aromatic amines is 1. The molecular weight excluding hydrogens is 448 g/mol. The summed E-state index contributed by atoms with van der Waals surface area (Å²) in [5, 5.41) is 10.3. The van der Waals surface area contributed by atoms with Crippen LogP contribution in [-0.2, 0) is 13.5 Å². The second-order valence-electron chi connectivity index (χ2n) is 7.88. The molecule has 2 aromatic carbocycles. The van der Waals surface area contributed by atoms with Crippen LogP contribution in [0.4, 0.5) is 5.69 Å². The highest BCUT2D eigenvalue weighted by molar-refractivity contribution is 7.11. The Balaban J connectivity index is 1.67. The summed E-state index contributed by atoms with van der Waals surface area (Å²) in [7, 11) is 1.85. The average molecular weight is 471 g/mol. The Morgan fingerprint density at radius 3 is 2.74 bits per heavy atom. The maximum absolute atomic E-state index is 12.7. The van der Waals surface area contributed by atoms with Crippen molar-refractivity contribution < 1.29 is 9.59 Å². The second kappa shape index (κ2) is 8.60. The summed E-state index contributed by atoms with van der Waals surface area (Å²) in [6, 6.07) is 11.5. The Bertz CT molecular complexity index is 1530. The van der Waals surface area contributed by atoms with Crippen LogP contribution in [-0.4, -0.2) is 31.6 Å². The average Bonchev–Trinajstić information content (AvgIpc) is 3.58. The molecular formula is C25H22N6O2S. The Morgan fingerprint density at radius 1 is 1.21 bits per heavy atom. The van der Waals surface area contributed by atoms with E-state index in [1.54, 1.807) is 28.5 Å². The first-order chi connectivity index (χ1) is 16.5. The Morgan fingerprint density at radius 2 is 2.06 bits per heavy atom. The van der Waals surface area contributed by atoms with Crippen molar-refractivity contribution in [3.05, 3.63) is 76.5 Å². The molecule has 8 nitrogen and oxygen atoms in total. The van der Waals surface area contributed by atoms with Gasteiger partial charge in [0, 0.05) is 47.2 Å². The van der Waals surface area contributed by atoms with Crippen molar-refractivity contribution in [3.63, 3.8) is 0 Å². The molecule has 4 N–H and O–H groups in total. The van der Waals surface area contributed by atoms with Crippen LogP contribution in [0.1, 0.15) is 32.6 Å². The van der Waals surface area contributed by atoms with E-state index in [0.29, 0.717) is 22.5 Å². The molecule has 0 saturated carbocycles. The van der Waals surface area contributed by atoms with E-state index < -0.39 is 5.91 Å². The van der Waals surface area contributed by atoms with Gasteiger partial charge in [0.1, 0.15) is 0 Å². The Hall–Kier alpha value is -4.24. The normalized spacial score (nSPS) is 11.1. The number of benzene rings is 2. The van der Waals surface area contributed by atoms with Crippen molar-refractivity contribution in [2.75, 3.05) is 5.32 Å². The number of hydrogen-bond acceptors (Lipinski definition) is 5. The second-order valence-corrected chi connectivity index (χ2v) is 8.77. The van der Waals surface area contributed by atoms with Crippen LogP contribution >= 0.6 is 11.3 Å². The molecule has 0 aliphatic heterocycles. The summed E-state index contributed by atoms with van der Waals surface area (Å²) >= 11 is 1.29. The number of hydrogen-bond donors (Lipinski definition) is 3. The lowest BCUT2D eigenvalue weighted by atomic mass is 9.92. The zero-order valence-corrected chi connectivity index (χ0v) is 19.4.